The molecule has 8 nitrogen and oxygen atoms in total. The first-order chi connectivity index (χ1) is 9.99. The quantitative estimate of drug-likeness (QED) is 0.595. The third kappa shape index (κ3) is 3.30. The van der Waals surface area contributed by atoms with Crippen LogP contribution in [0.2, 0.25) is 0 Å². The lowest BCUT2D eigenvalue weighted by atomic mass is 10.2. The number of fused-ring (bicyclic) bond motifs is 1. The predicted octanol–water partition coefficient (Wildman–Crippen LogP) is 0.541. The van der Waals surface area contributed by atoms with Gasteiger partial charge in [-0.15, -0.1) is 0 Å². The van der Waals surface area contributed by atoms with Gasteiger partial charge in [0, 0.05) is 18.7 Å². The molecule has 110 valence electrons. The van der Waals surface area contributed by atoms with Crippen LogP contribution in [-0.4, -0.2) is 33.2 Å². The van der Waals surface area contributed by atoms with Gasteiger partial charge in [0.25, 0.3) is 0 Å². The molecular formula is C13H15N5O3. The number of carbonyl (C=O) groups is 2. The number of nitrogens with one attached hydrogen (secondary N) is 1. The molecule has 0 saturated heterocycles. The highest BCUT2D eigenvalue weighted by Gasteiger charge is 2.09. The fraction of sp³-hybridized carbons (Fsp3) is 0.154. The average molecular weight is 289 g/mol. The van der Waals surface area contributed by atoms with Gasteiger partial charge in [0.05, 0.1) is 11.0 Å². The first kappa shape index (κ1) is 14.4. The summed E-state index contributed by atoms with van der Waals surface area (Å²) in [7, 11) is 0. The van der Waals surface area contributed by atoms with Crippen molar-refractivity contribution in [2.75, 3.05) is 12.3 Å². The van der Waals surface area contributed by atoms with E-state index in [1.165, 1.54) is 0 Å². The number of allylic oxidation sites excluding steroid dienone is 1. The number of carbonyl (C=O) groups excluding carboxylic acids is 1. The van der Waals surface area contributed by atoms with Crippen molar-refractivity contribution < 1.29 is 14.7 Å². The molecule has 0 fully saturated rings. The monoisotopic (exact) mass is 289 g/mol. The second-order valence-electron chi connectivity index (χ2n) is 4.31. The summed E-state index contributed by atoms with van der Waals surface area (Å²) in [5, 5.41) is 10.7. The Morgan fingerprint density at radius 2 is 2.14 bits per heavy atom. The van der Waals surface area contributed by atoms with Gasteiger partial charge in [0.1, 0.15) is 0 Å². The predicted molar refractivity (Wildman–Crippen MR) is 77.8 cm³/mol. The summed E-state index contributed by atoms with van der Waals surface area (Å²) in [6, 6.07) is 4.92. The minimum absolute atomic E-state index is 0.216. The Morgan fingerprint density at radius 3 is 2.81 bits per heavy atom. The minimum atomic E-state index is -1.08. The molecule has 0 unspecified atom stereocenters. The highest BCUT2D eigenvalue weighted by Crippen LogP contribution is 2.19. The maximum absolute atomic E-state index is 11.1. The molecule has 8 heteroatoms. The van der Waals surface area contributed by atoms with Crippen LogP contribution in [0.1, 0.15) is 10.4 Å². The molecule has 21 heavy (non-hydrogen) atoms. The van der Waals surface area contributed by atoms with Crippen molar-refractivity contribution in [3.05, 3.63) is 35.9 Å². The molecule has 2 amide bonds. The SMILES string of the molecule is NC(=O)c1ccc2c(c1)nc(N)n2C/C=C/CNC(=O)O. The fourth-order valence-corrected chi connectivity index (χ4v) is 1.90. The number of anilines is 1. The Morgan fingerprint density at radius 1 is 1.38 bits per heavy atom. The minimum Gasteiger partial charge on any atom is -0.465 e. The van der Waals surface area contributed by atoms with Gasteiger partial charge in [-0.2, -0.15) is 0 Å². The maximum Gasteiger partial charge on any atom is 0.404 e. The number of nitrogens with zero attached hydrogens (tertiary/aromatic N) is 2. The van der Waals surface area contributed by atoms with Crippen molar-refractivity contribution in [3.8, 4) is 0 Å². The zero-order chi connectivity index (χ0) is 15.4. The Hall–Kier alpha value is -3.03. The van der Waals surface area contributed by atoms with Crippen LogP contribution < -0.4 is 16.8 Å². The average Bonchev–Trinajstić information content (AvgIpc) is 2.73. The smallest absolute Gasteiger partial charge is 0.404 e. The van der Waals surface area contributed by atoms with Gasteiger partial charge in [-0.1, -0.05) is 12.2 Å². The lowest BCUT2D eigenvalue weighted by Gasteiger charge is -2.03. The van der Waals surface area contributed by atoms with Crippen molar-refractivity contribution in [3.63, 3.8) is 0 Å². The van der Waals surface area contributed by atoms with E-state index in [0.717, 1.165) is 5.52 Å². The van der Waals surface area contributed by atoms with Gasteiger partial charge >= 0.3 is 6.09 Å². The molecule has 0 bridgehead atoms. The van der Waals surface area contributed by atoms with Gasteiger partial charge in [0.15, 0.2) is 0 Å². The Labute approximate surface area is 120 Å². The topological polar surface area (TPSA) is 136 Å². The van der Waals surface area contributed by atoms with Crippen molar-refractivity contribution in [2.24, 2.45) is 5.73 Å². The Bertz CT molecular complexity index is 720. The number of benzene rings is 1. The van der Waals surface area contributed by atoms with E-state index in [1.807, 2.05) is 0 Å². The van der Waals surface area contributed by atoms with E-state index in [1.54, 1.807) is 34.9 Å². The number of amides is 2. The summed E-state index contributed by atoms with van der Waals surface area (Å²) in [6.45, 7) is 0.660. The van der Waals surface area contributed by atoms with E-state index in [9.17, 15) is 9.59 Å². The summed E-state index contributed by atoms with van der Waals surface area (Å²) >= 11 is 0. The van der Waals surface area contributed by atoms with Gasteiger partial charge in [-0.05, 0) is 18.2 Å². The number of rotatable bonds is 5. The molecule has 2 rings (SSSR count). The van der Waals surface area contributed by atoms with Crippen LogP contribution in [0.15, 0.2) is 30.4 Å². The Balaban J connectivity index is 2.18. The second kappa shape index (κ2) is 5.95. The first-order valence-electron chi connectivity index (χ1n) is 6.16. The molecule has 0 aliphatic carbocycles. The lowest BCUT2D eigenvalue weighted by molar-refractivity contribution is 0.100. The van der Waals surface area contributed by atoms with Crippen molar-refractivity contribution in [1.82, 2.24) is 14.9 Å². The number of aromatic nitrogens is 2. The highest BCUT2D eigenvalue weighted by molar-refractivity contribution is 5.96. The lowest BCUT2D eigenvalue weighted by Crippen LogP contribution is -2.20. The number of carboxylic acid groups (broad SMARTS) is 1. The molecule has 0 aliphatic rings. The molecule has 0 spiro atoms. The Kier molecular flexibility index (Phi) is 4.07. The van der Waals surface area contributed by atoms with Crippen LogP contribution in [0.4, 0.5) is 10.7 Å². The van der Waals surface area contributed by atoms with Crippen LogP contribution in [0.25, 0.3) is 11.0 Å². The van der Waals surface area contributed by atoms with E-state index in [-0.39, 0.29) is 6.54 Å². The summed E-state index contributed by atoms with van der Waals surface area (Å²) in [4.78, 5) is 25.6. The largest absolute Gasteiger partial charge is 0.465 e. The first-order valence-corrected chi connectivity index (χ1v) is 6.16. The molecule has 1 aromatic carbocycles. The number of primary amides is 1. The van der Waals surface area contributed by atoms with Gasteiger partial charge < -0.3 is 26.5 Å². The molecule has 2 aromatic rings. The number of imidazole rings is 1. The van der Waals surface area contributed by atoms with E-state index in [0.29, 0.717) is 23.6 Å². The van der Waals surface area contributed by atoms with Crippen molar-refractivity contribution in [1.29, 1.82) is 0 Å². The maximum atomic E-state index is 11.1. The van der Waals surface area contributed by atoms with Crippen LogP contribution in [0.5, 0.6) is 0 Å². The zero-order valence-electron chi connectivity index (χ0n) is 11.1. The van der Waals surface area contributed by atoms with Gasteiger partial charge in [0.2, 0.25) is 11.9 Å². The third-order valence-electron chi connectivity index (χ3n) is 2.89. The van der Waals surface area contributed by atoms with E-state index < -0.39 is 12.0 Å². The molecule has 0 aliphatic heterocycles. The molecule has 0 atom stereocenters. The van der Waals surface area contributed by atoms with Crippen LogP contribution in [-0.2, 0) is 6.54 Å². The molecule has 1 aromatic heterocycles. The zero-order valence-corrected chi connectivity index (χ0v) is 11.1. The van der Waals surface area contributed by atoms with Crippen LogP contribution >= 0.6 is 0 Å². The molecular weight excluding hydrogens is 274 g/mol. The molecule has 1 heterocycles. The third-order valence-corrected chi connectivity index (χ3v) is 2.89. The van der Waals surface area contributed by atoms with E-state index in [2.05, 4.69) is 10.3 Å². The standard InChI is InChI=1S/C13H15N5O3/c14-11(19)8-3-4-10-9(7-8)17-12(15)18(10)6-2-1-5-16-13(20)21/h1-4,7,16H,5-6H2,(H2,14,19)(H2,15,17)(H,20,21)/b2-1+. The summed E-state index contributed by atoms with van der Waals surface area (Å²) in [6.07, 6.45) is 2.37. The highest BCUT2D eigenvalue weighted by atomic mass is 16.4. The second-order valence-corrected chi connectivity index (χ2v) is 4.31. The van der Waals surface area contributed by atoms with Crippen molar-refractivity contribution >= 4 is 29.0 Å². The summed E-state index contributed by atoms with van der Waals surface area (Å²) in [5.41, 5.74) is 12.8. The summed E-state index contributed by atoms with van der Waals surface area (Å²) in [5.74, 6) is -0.216. The molecule has 0 saturated carbocycles. The summed E-state index contributed by atoms with van der Waals surface area (Å²) < 4.78 is 1.75. The van der Waals surface area contributed by atoms with E-state index >= 15 is 0 Å². The van der Waals surface area contributed by atoms with Crippen molar-refractivity contribution in [2.45, 2.75) is 6.54 Å². The number of nitrogen functional groups attached to an aromatic ring is 1. The van der Waals surface area contributed by atoms with E-state index in [4.69, 9.17) is 16.6 Å². The normalized spacial score (nSPS) is 11.0. The van der Waals surface area contributed by atoms with Gasteiger partial charge in [-0.25, -0.2) is 9.78 Å². The number of nitrogens with two attached hydrogens (primary N) is 2. The van der Waals surface area contributed by atoms with Gasteiger partial charge in [-0.3, -0.25) is 4.79 Å². The molecule has 0 radical (unpaired) electrons. The molecule has 6 N–H and O–H groups in total. The number of hydrogen-bond acceptors (Lipinski definition) is 4. The van der Waals surface area contributed by atoms with Crippen LogP contribution in [0, 0.1) is 0 Å². The van der Waals surface area contributed by atoms with Crippen LogP contribution in [0.3, 0.4) is 0 Å². The fourth-order valence-electron chi connectivity index (χ4n) is 1.90. The number of hydrogen-bond donors (Lipinski definition) is 4.